The van der Waals surface area contributed by atoms with Crippen LogP contribution in [0.2, 0.25) is 0 Å². The molecule has 7 rings (SSSR count). The smallest absolute Gasteiger partial charge is 0.238 e. The van der Waals surface area contributed by atoms with Crippen LogP contribution in [0.4, 0.5) is 5.69 Å². The summed E-state index contributed by atoms with van der Waals surface area (Å²) < 4.78 is 11.1. The minimum atomic E-state index is -1.40. The summed E-state index contributed by atoms with van der Waals surface area (Å²) in [7, 11) is 3.02. The maximum absolute atomic E-state index is 15.0. The van der Waals surface area contributed by atoms with Gasteiger partial charge in [-0.1, -0.05) is 48.5 Å². The molecule has 8 heteroatoms. The molecule has 7 nitrogen and oxygen atoms in total. The number of Topliss-reactive ketones (excluding diaryl/α,β-unsaturated/α-hetero) is 2. The number of methoxy groups -OCH3 is 2. The molecule has 204 valence electrons. The number of amides is 1. The summed E-state index contributed by atoms with van der Waals surface area (Å²) in [6.45, 7) is 0. The molecular formula is C33H26N2O5S. The molecule has 41 heavy (non-hydrogen) atoms. The number of hydrogen-bond donors (Lipinski definition) is 1. The normalized spacial score (nSPS) is 23.5. The Morgan fingerprint density at radius 1 is 0.927 bits per heavy atom. The van der Waals surface area contributed by atoms with Crippen molar-refractivity contribution in [1.29, 1.82) is 0 Å². The molecule has 1 saturated heterocycles. The van der Waals surface area contributed by atoms with Gasteiger partial charge in [0, 0.05) is 11.9 Å². The molecule has 1 aromatic heterocycles. The lowest BCUT2D eigenvalue weighted by Crippen LogP contribution is -2.49. The van der Waals surface area contributed by atoms with Crippen LogP contribution in [0.1, 0.15) is 42.8 Å². The van der Waals surface area contributed by atoms with Crippen molar-refractivity contribution in [3.8, 4) is 11.5 Å². The van der Waals surface area contributed by atoms with Crippen LogP contribution in [0.15, 0.2) is 90.4 Å². The monoisotopic (exact) mass is 562 g/mol. The molecule has 1 amide bonds. The number of carbonyl (C=O) groups excluding carboxylic acids is 3. The second-order valence-electron chi connectivity index (χ2n) is 10.4. The van der Waals surface area contributed by atoms with Gasteiger partial charge in [-0.2, -0.15) is 0 Å². The third kappa shape index (κ3) is 3.47. The standard InChI is InChI=1S/C33H26N2O5S/c1-39-20-13-14-25(40-2)22(18-20)29(36)27-28(30(37)26-12-7-17-41-26)35-16-15-19-8-3-4-9-21(19)31(35)33(27)23-10-5-6-11-24(23)34-32(33)38/h3-18,27-28,31H,1-2H3,(H,34,38)/t27-,28+,31+,33+/m0/s1. The van der Waals surface area contributed by atoms with Crippen molar-refractivity contribution in [2.24, 2.45) is 5.92 Å². The predicted octanol–water partition coefficient (Wildman–Crippen LogP) is 5.75. The fraction of sp³-hybridized carbons (Fsp3) is 0.182. The van der Waals surface area contributed by atoms with Gasteiger partial charge in [0.1, 0.15) is 23.0 Å². The minimum Gasteiger partial charge on any atom is -0.497 e. The molecule has 0 radical (unpaired) electrons. The van der Waals surface area contributed by atoms with Gasteiger partial charge >= 0.3 is 0 Å². The number of nitrogens with zero attached hydrogens (tertiary/aromatic N) is 1. The van der Waals surface area contributed by atoms with E-state index < -0.39 is 23.4 Å². The van der Waals surface area contributed by atoms with Crippen molar-refractivity contribution >= 4 is 40.6 Å². The second kappa shape index (κ2) is 9.45. The van der Waals surface area contributed by atoms with Gasteiger partial charge in [0.25, 0.3) is 0 Å². The van der Waals surface area contributed by atoms with Gasteiger partial charge in [0.2, 0.25) is 5.91 Å². The van der Waals surface area contributed by atoms with E-state index in [-0.39, 0.29) is 23.0 Å². The van der Waals surface area contributed by atoms with E-state index in [1.54, 1.807) is 24.3 Å². The number of benzene rings is 3. The van der Waals surface area contributed by atoms with Crippen LogP contribution in [-0.4, -0.2) is 42.6 Å². The van der Waals surface area contributed by atoms with Crippen LogP contribution in [0, 0.1) is 5.92 Å². The summed E-state index contributed by atoms with van der Waals surface area (Å²) in [6.07, 6.45) is 3.82. The molecule has 3 aliphatic rings. The zero-order valence-electron chi connectivity index (χ0n) is 22.4. The number of fused-ring (bicyclic) bond motifs is 6. The molecule has 0 saturated carbocycles. The van der Waals surface area contributed by atoms with Crippen molar-refractivity contribution in [3.05, 3.63) is 118 Å². The maximum Gasteiger partial charge on any atom is 0.238 e. The third-order valence-electron chi connectivity index (χ3n) is 8.56. The van der Waals surface area contributed by atoms with E-state index in [2.05, 4.69) is 5.32 Å². The largest absolute Gasteiger partial charge is 0.497 e. The Labute approximate surface area is 241 Å². The molecule has 3 aliphatic heterocycles. The zero-order valence-corrected chi connectivity index (χ0v) is 23.2. The summed E-state index contributed by atoms with van der Waals surface area (Å²) in [6, 6.07) is 22.4. The number of nitrogens with one attached hydrogen (secondary N) is 1. The summed E-state index contributed by atoms with van der Waals surface area (Å²) in [5.74, 6) is -1.13. The first-order chi connectivity index (χ1) is 20.0. The summed E-state index contributed by atoms with van der Waals surface area (Å²) in [5, 5.41) is 4.91. The third-order valence-corrected chi connectivity index (χ3v) is 9.44. The average molecular weight is 563 g/mol. The topological polar surface area (TPSA) is 84.9 Å². The molecule has 1 spiro atoms. The predicted molar refractivity (Wildman–Crippen MR) is 157 cm³/mol. The molecular weight excluding hydrogens is 536 g/mol. The number of ketones is 2. The Balaban J connectivity index is 1.56. The number of hydrogen-bond acceptors (Lipinski definition) is 7. The van der Waals surface area contributed by atoms with Crippen LogP contribution in [0.3, 0.4) is 0 Å². The first kappa shape index (κ1) is 25.3. The van der Waals surface area contributed by atoms with Crippen LogP contribution in [-0.2, 0) is 10.2 Å². The van der Waals surface area contributed by atoms with Crippen LogP contribution in [0.25, 0.3) is 6.08 Å². The molecule has 0 bridgehead atoms. The molecule has 4 atom stereocenters. The summed E-state index contributed by atoms with van der Waals surface area (Å²) in [4.78, 5) is 46.5. The Morgan fingerprint density at radius 2 is 1.73 bits per heavy atom. The SMILES string of the molecule is COc1ccc(OC)c(C(=O)[C@@H]2[C@H](C(=O)c3cccs3)N3C=Cc4ccccc4[C@@H]3[C@]23C(=O)Nc2ccccc23)c1. The highest BCUT2D eigenvalue weighted by molar-refractivity contribution is 7.12. The molecule has 0 unspecified atom stereocenters. The number of anilines is 1. The van der Waals surface area contributed by atoms with E-state index in [0.29, 0.717) is 27.6 Å². The van der Waals surface area contributed by atoms with Crippen molar-refractivity contribution in [1.82, 2.24) is 4.90 Å². The molecule has 1 fully saturated rings. The van der Waals surface area contributed by atoms with Crippen LogP contribution >= 0.6 is 11.3 Å². The summed E-state index contributed by atoms with van der Waals surface area (Å²) in [5.41, 5.74) is 2.03. The van der Waals surface area contributed by atoms with E-state index in [0.717, 1.165) is 11.1 Å². The van der Waals surface area contributed by atoms with E-state index in [9.17, 15) is 9.59 Å². The molecule has 4 aromatic rings. The Hall–Kier alpha value is -4.69. The molecule has 3 aromatic carbocycles. The van der Waals surface area contributed by atoms with E-state index in [4.69, 9.17) is 9.47 Å². The molecule has 0 aliphatic carbocycles. The van der Waals surface area contributed by atoms with E-state index in [1.807, 2.05) is 77.2 Å². The maximum atomic E-state index is 15.0. The lowest BCUT2D eigenvalue weighted by Gasteiger charge is -2.38. The van der Waals surface area contributed by atoms with Crippen molar-refractivity contribution < 1.29 is 23.9 Å². The van der Waals surface area contributed by atoms with Crippen LogP contribution in [0.5, 0.6) is 11.5 Å². The second-order valence-corrected chi connectivity index (χ2v) is 11.3. The fourth-order valence-electron chi connectivity index (χ4n) is 6.91. The van der Waals surface area contributed by atoms with Crippen molar-refractivity contribution in [2.75, 3.05) is 19.5 Å². The van der Waals surface area contributed by atoms with Gasteiger partial charge in [-0.15, -0.1) is 11.3 Å². The Bertz CT molecular complexity index is 1750. The zero-order chi connectivity index (χ0) is 28.3. The average Bonchev–Trinajstić information content (AvgIpc) is 3.73. The molecule has 1 N–H and O–H groups in total. The van der Waals surface area contributed by atoms with Gasteiger partial charge in [-0.3, -0.25) is 14.4 Å². The van der Waals surface area contributed by atoms with Gasteiger partial charge in [0.05, 0.1) is 36.6 Å². The highest BCUT2D eigenvalue weighted by Crippen LogP contribution is 2.62. The van der Waals surface area contributed by atoms with Crippen molar-refractivity contribution in [3.63, 3.8) is 0 Å². The van der Waals surface area contributed by atoms with Gasteiger partial charge in [0.15, 0.2) is 11.6 Å². The fourth-order valence-corrected chi connectivity index (χ4v) is 7.60. The number of carbonyl (C=O) groups is 3. The highest BCUT2D eigenvalue weighted by Gasteiger charge is 2.71. The Morgan fingerprint density at radius 3 is 2.51 bits per heavy atom. The Kier molecular flexibility index (Phi) is 5.83. The van der Waals surface area contributed by atoms with E-state index >= 15 is 4.79 Å². The van der Waals surface area contributed by atoms with Crippen LogP contribution < -0.4 is 14.8 Å². The highest BCUT2D eigenvalue weighted by atomic mass is 32.1. The first-order valence-corrected chi connectivity index (χ1v) is 14.2. The first-order valence-electron chi connectivity index (χ1n) is 13.3. The van der Waals surface area contributed by atoms with E-state index in [1.165, 1.54) is 25.6 Å². The van der Waals surface area contributed by atoms with Gasteiger partial charge in [-0.05, 0) is 58.5 Å². The number of ether oxygens (including phenoxy) is 2. The lowest BCUT2D eigenvalue weighted by molar-refractivity contribution is -0.122. The van der Waals surface area contributed by atoms with Gasteiger partial charge in [-0.25, -0.2) is 0 Å². The number of thiophene rings is 1. The lowest BCUT2D eigenvalue weighted by atomic mass is 9.62. The van der Waals surface area contributed by atoms with Gasteiger partial charge < -0.3 is 19.7 Å². The number of rotatable bonds is 6. The quantitative estimate of drug-likeness (QED) is 0.302. The number of para-hydroxylation sites is 1. The minimum absolute atomic E-state index is 0.205. The molecule has 4 heterocycles. The summed E-state index contributed by atoms with van der Waals surface area (Å²) >= 11 is 1.33. The van der Waals surface area contributed by atoms with Crippen molar-refractivity contribution in [2.45, 2.75) is 17.5 Å².